The first-order chi connectivity index (χ1) is 13.2. The molecule has 3 heterocycles. The SMILES string of the molecule is CC(NC(=O)Nc1cc2[nH]nc(NC3CCNC3)c2cn1)c1ccccc1. The molecule has 2 aromatic heterocycles. The van der Waals surface area contributed by atoms with Crippen LogP contribution in [0.5, 0.6) is 0 Å². The number of rotatable bonds is 5. The van der Waals surface area contributed by atoms with Crippen molar-refractivity contribution in [2.75, 3.05) is 23.7 Å². The predicted octanol–water partition coefficient (Wildman–Crippen LogP) is 2.61. The number of nitrogens with one attached hydrogen (secondary N) is 5. The summed E-state index contributed by atoms with van der Waals surface area (Å²) in [6.45, 7) is 3.89. The van der Waals surface area contributed by atoms with Gasteiger partial charge in [-0.1, -0.05) is 30.3 Å². The zero-order valence-corrected chi connectivity index (χ0v) is 15.1. The lowest BCUT2D eigenvalue weighted by Gasteiger charge is -2.14. The zero-order chi connectivity index (χ0) is 18.6. The quantitative estimate of drug-likeness (QED) is 0.478. The van der Waals surface area contributed by atoms with E-state index in [9.17, 15) is 4.79 Å². The fraction of sp³-hybridized carbons (Fsp3) is 0.316. The number of carbonyl (C=O) groups excluding carboxylic acids is 1. The van der Waals surface area contributed by atoms with E-state index in [2.05, 4.69) is 36.4 Å². The number of urea groups is 1. The molecule has 1 aromatic carbocycles. The second kappa shape index (κ2) is 7.63. The van der Waals surface area contributed by atoms with E-state index in [1.165, 1.54) is 0 Å². The Morgan fingerprint density at radius 2 is 2.15 bits per heavy atom. The maximum atomic E-state index is 12.3. The highest BCUT2D eigenvalue weighted by molar-refractivity contribution is 5.94. The maximum absolute atomic E-state index is 12.3. The number of H-pyrrole nitrogens is 1. The number of hydrogen-bond acceptors (Lipinski definition) is 5. The molecule has 140 valence electrons. The summed E-state index contributed by atoms with van der Waals surface area (Å²) in [6.07, 6.45) is 2.79. The molecule has 0 bridgehead atoms. The van der Waals surface area contributed by atoms with Gasteiger partial charge in [-0.2, -0.15) is 5.10 Å². The van der Waals surface area contributed by atoms with Gasteiger partial charge in [-0.25, -0.2) is 9.78 Å². The molecule has 0 aliphatic carbocycles. The van der Waals surface area contributed by atoms with Gasteiger partial charge in [0.15, 0.2) is 5.82 Å². The van der Waals surface area contributed by atoms with Crippen LogP contribution in [0.25, 0.3) is 10.9 Å². The van der Waals surface area contributed by atoms with E-state index in [4.69, 9.17) is 0 Å². The molecule has 1 saturated heterocycles. The molecule has 1 aliphatic heterocycles. The van der Waals surface area contributed by atoms with E-state index in [-0.39, 0.29) is 12.1 Å². The van der Waals surface area contributed by atoms with Crippen LogP contribution in [0.15, 0.2) is 42.6 Å². The number of aromatic amines is 1. The van der Waals surface area contributed by atoms with E-state index in [0.29, 0.717) is 11.9 Å². The Morgan fingerprint density at radius 3 is 2.93 bits per heavy atom. The van der Waals surface area contributed by atoms with Gasteiger partial charge >= 0.3 is 6.03 Å². The minimum atomic E-state index is -0.298. The van der Waals surface area contributed by atoms with Crippen molar-refractivity contribution in [3.8, 4) is 0 Å². The number of pyridine rings is 1. The Balaban J connectivity index is 1.41. The monoisotopic (exact) mass is 365 g/mol. The number of carbonyl (C=O) groups is 1. The Bertz CT molecular complexity index is 918. The topological polar surface area (TPSA) is 107 Å². The first-order valence-corrected chi connectivity index (χ1v) is 9.13. The van der Waals surface area contributed by atoms with Gasteiger partial charge in [0.25, 0.3) is 0 Å². The molecule has 0 saturated carbocycles. The molecule has 8 heteroatoms. The van der Waals surface area contributed by atoms with Gasteiger partial charge in [0.05, 0.1) is 16.9 Å². The van der Waals surface area contributed by atoms with Crippen LogP contribution >= 0.6 is 0 Å². The van der Waals surface area contributed by atoms with Crippen LogP contribution < -0.4 is 21.3 Å². The number of benzene rings is 1. The van der Waals surface area contributed by atoms with Crippen LogP contribution in [0.2, 0.25) is 0 Å². The van der Waals surface area contributed by atoms with Gasteiger partial charge in [0.1, 0.15) is 5.82 Å². The highest BCUT2D eigenvalue weighted by atomic mass is 16.2. The third-order valence-electron chi connectivity index (χ3n) is 4.74. The standard InChI is InChI=1S/C19H23N7O/c1-12(13-5-3-2-4-6-13)22-19(27)24-17-9-16-15(11-21-17)18(26-25-16)23-14-7-8-20-10-14/h2-6,9,11-12,14,20H,7-8,10H2,1H3,(H2,23,25,26)(H2,21,22,24,27). The van der Waals surface area contributed by atoms with Crippen LogP contribution in [-0.4, -0.2) is 40.3 Å². The minimum absolute atomic E-state index is 0.0992. The van der Waals surface area contributed by atoms with E-state index in [0.717, 1.165) is 41.8 Å². The highest BCUT2D eigenvalue weighted by Crippen LogP contribution is 2.23. The first kappa shape index (κ1) is 17.3. The fourth-order valence-corrected chi connectivity index (χ4v) is 3.24. The molecule has 4 rings (SSSR count). The summed E-state index contributed by atoms with van der Waals surface area (Å²) in [5.41, 5.74) is 1.87. The Labute approximate surface area is 157 Å². The van der Waals surface area contributed by atoms with Crippen LogP contribution in [0.1, 0.15) is 24.9 Å². The molecule has 2 amide bonds. The lowest BCUT2D eigenvalue weighted by molar-refractivity contribution is 0.249. The number of hydrogen-bond donors (Lipinski definition) is 5. The molecule has 1 fully saturated rings. The molecule has 27 heavy (non-hydrogen) atoms. The molecule has 0 radical (unpaired) electrons. The summed E-state index contributed by atoms with van der Waals surface area (Å²) < 4.78 is 0. The van der Waals surface area contributed by atoms with Gasteiger partial charge in [-0.05, 0) is 25.5 Å². The molecule has 2 unspecified atom stereocenters. The molecule has 2 atom stereocenters. The maximum Gasteiger partial charge on any atom is 0.320 e. The lowest BCUT2D eigenvalue weighted by atomic mass is 10.1. The average molecular weight is 365 g/mol. The summed E-state index contributed by atoms with van der Waals surface area (Å²) in [5.74, 6) is 1.26. The smallest absolute Gasteiger partial charge is 0.320 e. The average Bonchev–Trinajstić information content (AvgIpc) is 3.33. The third kappa shape index (κ3) is 4.01. The van der Waals surface area contributed by atoms with Crippen molar-refractivity contribution in [2.24, 2.45) is 0 Å². The Morgan fingerprint density at radius 1 is 1.30 bits per heavy atom. The third-order valence-corrected chi connectivity index (χ3v) is 4.74. The summed E-state index contributed by atoms with van der Waals surface area (Å²) >= 11 is 0. The number of amides is 2. The molecular formula is C19H23N7O. The van der Waals surface area contributed by atoms with Crippen molar-refractivity contribution in [3.05, 3.63) is 48.2 Å². The lowest BCUT2D eigenvalue weighted by Crippen LogP contribution is -2.31. The summed E-state index contributed by atoms with van der Waals surface area (Å²) in [4.78, 5) is 16.6. The van der Waals surface area contributed by atoms with Crippen molar-refractivity contribution in [3.63, 3.8) is 0 Å². The van der Waals surface area contributed by atoms with E-state index >= 15 is 0 Å². The first-order valence-electron chi connectivity index (χ1n) is 9.13. The highest BCUT2D eigenvalue weighted by Gasteiger charge is 2.17. The zero-order valence-electron chi connectivity index (χ0n) is 15.1. The number of nitrogens with zero attached hydrogens (tertiary/aromatic N) is 2. The van der Waals surface area contributed by atoms with Crippen molar-refractivity contribution in [2.45, 2.75) is 25.4 Å². The number of anilines is 2. The van der Waals surface area contributed by atoms with Crippen LogP contribution in [0.4, 0.5) is 16.4 Å². The minimum Gasteiger partial charge on any atom is -0.364 e. The largest absolute Gasteiger partial charge is 0.364 e. The fourth-order valence-electron chi connectivity index (χ4n) is 3.24. The van der Waals surface area contributed by atoms with E-state index < -0.39 is 0 Å². The van der Waals surface area contributed by atoms with Crippen molar-refractivity contribution >= 4 is 28.6 Å². The van der Waals surface area contributed by atoms with E-state index in [1.807, 2.05) is 37.3 Å². The van der Waals surface area contributed by atoms with Gasteiger partial charge < -0.3 is 16.0 Å². The number of aromatic nitrogens is 3. The van der Waals surface area contributed by atoms with Crippen molar-refractivity contribution in [1.82, 2.24) is 25.8 Å². The van der Waals surface area contributed by atoms with Crippen LogP contribution in [0.3, 0.4) is 0 Å². The second-order valence-corrected chi connectivity index (χ2v) is 6.75. The number of fused-ring (bicyclic) bond motifs is 1. The van der Waals surface area contributed by atoms with Gasteiger partial charge in [-0.3, -0.25) is 10.4 Å². The van der Waals surface area contributed by atoms with Gasteiger partial charge in [0, 0.05) is 24.8 Å². The predicted molar refractivity (Wildman–Crippen MR) is 106 cm³/mol. The summed E-state index contributed by atoms with van der Waals surface area (Å²) in [7, 11) is 0. The van der Waals surface area contributed by atoms with Crippen molar-refractivity contribution in [1.29, 1.82) is 0 Å². The van der Waals surface area contributed by atoms with Gasteiger partial charge in [0.2, 0.25) is 0 Å². The van der Waals surface area contributed by atoms with Crippen molar-refractivity contribution < 1.29 is 4.79 Å². The van der Waals surface area contributed by atoms with Gasteiger partial charge in [-0.15, -0.1) is 0 Å². The molecule has 3 aromatic rings. The summed E-state index contributed by atoms with van der Waals surface area (Å²) in [6, 6.07) is 11.6. The normalized spacial score (nSPS) is 17.6. The molecular weight excluding hydrogens is 342 g/mol. The molecule has 5 N–H and O–H groups in total. The molecule has 1 aliphatic rings. The van der Waals surface area contributed by atoms with E-state index in [1.54, 1.807) is 12.3 Å². The molecule has 0 spiro atoms. The van der Waals surface area contributed by atoms with Crippen LogP contribution in [0, 0.1) is 0 Å². The molecule has 8 nitrogen and oxygen atoms in total. The van der Waals surface area contributed by atoms with Crippen LogP contribution in [-0.2, 0) is 0 Å². The Kier molecular flexibility index (Phi) is 4.88. The summed E-state index contributed by atoms with van der Waals surface area (Å²) in [5, 5.41) is 20.7. The second-order valence-electron chi connectivity index (χ2n) is 6.75. The Hall–Kier alpha value is -3.13.